The number of anilines is 1. The Balaban J connectivity index is 0.000000326. The minimum Gasteiger partial charge on any atom is -0.506 e. The van der Waals surface area contributed by atoms with E-state index in [1.807, 2.05) is 26.3 Å². The molecule has 1 aromatic carbocycles. The second-order valence-electron chi connectivity index (χ2n) is 9.23. The summed E-state index contributed by atoms with van der Waals surface area (Å²) >= 11 is 0. The second-order valence-corrected chi connectivity index (χ2v) is 9.23. The molecule has 3 rings (SSSR count). The van der Waals surface area contributed by atoms with Crippen molar-refractivity contribution in [2.24, 2.45) is 10.9 Å². The predicted molar refractivity (Wildman–Crippen MR) is 143 cm³/mol. The van der Waals surface area contributed by atoms with E-state index in [4.69, 9.17) is 5.11 Å². The number of fused-ring (bicyclic) bond motifs is 1. The third-order valence-electron chi connectivity index (χ3n) is 6.64. The molecule has 0 spiro atoms. The van der Waals surface area contributed by atoms with Gasteiger partial charge in [0.25, 0.3) is 0 Å². The number of hydrogen-bond acceptors (Lipinski definition) is 6. The minimum atomic E-state index is -0.745. The van der Waals surface area contributed by atoms with E-state index in [-0.39, 0.29) is 23.5 Å². The maximum absolute atomic E-state index is 13.6. The molecule has 198 valence electrons. The Morgan fingerprint density at radius 2 is 1.89 bits per heavy atom. The summed E-state index contributed by atoms with van der Waals surface area (Å²) in [7, 11) is 1.88. The number of nitrogens with one attached hydrogen (secondary N) is 2. The van der Waals surface area contributed by atoms with Gasteiger partial charge in [-0.15, -0.1) is 0 Å². The third-order valence-corrected chi connectivity index (χ3v) is 6.64. The Hall–Kier alpha value is -2.61. The average Bonchev–Trinajstić information content (AvgIpc) is 3.42. The fraction of sp³-hybridized carbons (Fsp3) is 0.630. The van der Waals surface area contributed by atoms with E-state index >= 15 is 0 Å². The van der Waals surface area contributed by atoms with Crippen LogP contribution in [-0.2, 0) is 4.79 Å². The highest BCUT2D eigenvalue weighted by Crippen LogP contribution is 2.39. The molecule has 2 aliphatic heterocycles. The van der Waals surface area contributed by atoms with Crippen LogP contribution in [0.2, 0.25) is 0 Å². The van der Waals surface area contributed by atoms with Crippen molar-refractivity contribution in [3.63, 3.8) is 0 Å². The number of aryl methyl sites for hydroxylation is 1. The van der Waals surface area contributed by atoms with Gasteiger partial charge in [0.1, 0.15) is 17.4 Å². The van der Waals surface area contributed by atoms with Crippen molar-refractivity contribution in [1.82, 2.24) is 10.2 Å². The molecule has 4 N–H and O–H groups in total. The van der Waals surface area contributed by atoms with Crippen molar-refractivity contribution in [3.8, 4) is 5.75 Å². The summed E-state index contributed by atoms with van der Waals surface area (Å²) in [5.74, 6) is 0.624. The fourth-order valence-electron chi connectivity index (χ4n) is 4.18. The molecule has 2 heterocycles. The number of benzene rings is 1. The average molecular weight is 493 g/mol. The molecular formula is C27H45FN4O3. The van der Waals surface area contributed by atoms with E-state index < -0.39 is 5.97 Å². The highest BCUT2D eigenvalue weighted by molar-refractivity contribution is 5.66. The number of aliphatic imine (C=N–C) groups is 1. The first-order valence-electron chi connectivity index (χ1n) is 12.7. The smallest absolute Gasteiger partial charge is 0.303 e. The molecule has 7 nitrogen and oxygen atoms in total. The van der Waals surface area contributed by atoms with Gasteiger partial charge in [-0.3, -0.25) is 9.69 Å². The lowest BCUT2D eigenvalue weighted by molar-refractivity contribution is -0.136. The van der Waals surface area contributed by atoms with Gasteiger partial charge in [0.15, 0.2) is 0 Å². The van der Waals surface area contributed by atoms with E-state index in [1.165, 1.54) is 50.9 Å². The summed E-state index contributed by atoms with van der Waals surface area (Å²) in [6.45, 7) is 12.7. The van der Waals surface area contributed by atoms with Gasteiger partial charge in [0, 0.05) is 37.8 Å². The number of carbonyl (C=O) groups is 1. The molecule has 35 heavy (non-hydrogen) atoms. The van der Waals surface area contributed by atoms with Crippen LogP contribution in [0, 0.1) is 18.7 Å². The molecule has 2 fully saturated rings. The van der Waals surface area contributed by atoms with Crippen LogP contribution in [0.3, 0.4) is 0 Å². The van der Waals surface area contributed by atoms with Gasteiger partial charge < -0.3 is 20.8 Å². The highest BCUT2D eigenvalue weighted by Gasteiger charge is 2.43. The summed E-state index contributed by atoms with van der Waals surface area (Å²) < 4.78 is 13.6. The minimum absolute atomic E-state index is 0.137. The Labute approximate surface area is 210 Å². The van der Waals surface area contributed by atoms with Crippen LogP contribution in [0.4, 0.5) is 10.1 Å². The Morgan fingerprint density at radius 3 is 2.37 bits per heavy atom. The molecule has 2 saturated heterocycles. The number of carboxylic acid groups (broad SMARTS) is 1. The zero-order valence-corrected chi connectivity index (χ0v) is 22.3. The second kappa shape index (κ2) is 15.4. The fourth-order valence-corrected chi connectivity index (χ4v) is 4.18. The lowest BCUT2D eigenvalue weighted by Crippen LogP contribution is -2.44. The number of nitrogens with zero attached hydrogens (tertiary/aromatic N) is 2. The molecule has 2 aliphatic rings. The zero-order valence-electron chi connectivity index (χ0n) is 22.3. The number of hydrogen-bond donors (Lipinski definition) is 4. The van der Waals surface area contributed by atoms with Crippen LogP contribution in [0.1, 0.15) is 71.8 Å². The topological polar surface area (TPSA) is 97.2 Å². The molecule has 0 aromatic heterocycles. The van der Waals surface area contributed by atoms with Crippen molar-refractivity contribution in [2.45, 2.75) is 78.7 Å². The van der Waals surface area contributed by atoms with E-state index in [0.717, 1.165) is 18.8 Å². The monoisotopic (exact) mass is 492 g/mol. The quantitative estimate of drug-likeness (QED) is 0.281. The maximum Gasteiger partial charge on any atom is 0.303 e. The van der Waals surface area contributed by atoms with Crippen LogP contribution in [0.15, 0.2) is 29.0 Å². The number of rotatable bonds is 8. The van der Waals surface area contributed by atoms with Crippen molar-refractivity contribution in [2.75, 3.05) is 32.0 Å². The Morgan fingerprint density at radius 1 is 1.29 bits per heavy atom. The molecular weight excluding hydrogens is 447 g/mol. The number of allylic oxidation sites excluding steroid dienone is 1. The SMILES string of the molecule is C/C=C(\N=C/C(C)CC)NC.CCC(=O)O.Cc1cc(O)c(NCC23CCCN2CCC3)cc1F. The van der Waals surface area contributed by atoms with Gasteiger partial charge in [0.2, 0.25) is 0 Å². The van der Waals surface area contributed by atoms with Crippen LogP contribution in [0.5, 0.6) is 5.75 Å². The maximum atomic E-state index is 13.6. The number of aromatic hydroxyl groups is 1. The molecule has 1 unspecified atom stereocenters. The van der Waals surface area contributed by atoms with Crippen LogP contribution in [0.25, 0.3) is 0 Å². The zero-order chi connectivity index (χ0) is 26.4. The number of halogens is 1. The first-order valence-corrected chi connectivity index (χ1v) is 12.7. The van der Waals surface area contributed by atoms with Crippen molar-refractivity contribution in [1.29, 1.82) is 0 Å². The molecule has 0 saturated carbocycles. The van der Waals surface area contributed by atoms with E-state index in [9.17, 15) is 14.3 Å². The summed E-state index contributed by atoms with van der Waals surface area (Å²) in [6.07, 6.45) is 10.2. The normalized spacial score (nSPS) is 17.6. The van der Waals surface area contributed by atoms with Crippen LogP contribution in [-0.4, -0.2) is 59.5 Å². The molecule has 0 bridgehead atoms. The molecule has 0 aliphatic carbocycles. The highest BCUT2D eigenvalue weighted by atomic mass is 19.1. The van der Waals surface area contributed by atoms with Gasteiger partial charge in [-0.2, -0.15) is 0 Å². The first-order chi connectivity index (χ1) is 16.6. The standard InChI is InChI=1S/C15H21FN2O.C9H18N2.C3H6O2/c1-11-8-14(19)13(9-12(11)16)17-10-15-4-2-6-18(15)7-3-5-15;1-5-8(3)7-11-9(6-2)10-4;1-2-3(4)5/h8-9,17,19H,2-7,10H2,1H3;6-8,10H,5H2,1-4H3;2H2,1H3,(H,4,5)/b;9-6-,11-7-;. The number of aliphatic carboxylic acids is 1. The van der Waals surface area contributed by atoms with Crippen LogP contribution >= 0.6 is 0 Å². The van der Waals surface area contributed by atoms with E-state index in [2.05, 4.69) is 34.4 Å². The lowest BCUT2D eigenvalue weighted by Gasteiger charge is -2.32. The molecule has 1 atom stereocenters. The van der Waals surface area contributed by atoms with E-state index in [1.54, 1.807) is 13.8 Å². The van der Waals surface area contributed by atoms with Crippen molar-refractivity contribution in [3.05, 3.63) is 35.4 Å². The summed E-state index contributed by atoms with van der Waals surface area (Å²) in [6, 6.07) is 2.88. The van der Waals surface area contributed by atoms with Crippen molar-refractivity contribution < 1.29 is 19.4 Å². The largest absolute Gasteiger partial charge is 0.506 e. The summed E-state index contributed by atoms with van der Waals surface area (Å²) in [5.41, 5.74) is 1.22. The van der Waals surface area contributed by atoms with E-state index in [0.29, 0.717) is 17.2 Å². The van der Waals surface area contributed by atoms with Gasteiger partial charge >= 0.3 is 5.97 Å². The summed E-state index contributed by atoms with van der Waals surface area (Å²) in [4.78, 5) is 16.2. The predicted octanol–water partition coefficient (Wildman–Crippen LogP) is 5.55. The van der Waals surface area contributed by atoms with Gasteiger partial charge in [-0.1, -0.05) is 20.8 Å². The number of phenols is 1. The first kappa shape index (κ1) is 30.4. The Bertz CT molecular complexity index is 847. The Kier molecular flexibility index (Phi) is 13.4. The molecule has 0 radical (unpaired) electrons. The number of carboxylic acids is 1. The van der Waals surface area contributed by atoms with Crippen molar-refractivity contribution >= 4 is 17.9 Å². The van der Waals surface area contributed by atoms with Crippen LogP contribution < -0.4 is 10.6 Å². The van der Waals surface area contributed by atoms with Gasteiger partial charge in [0.05, 0.1) is 5.69 Å². The molecule has 0 amide bonds. The number of phenolic OH excluding ortho intramolecular Hbond substituents is 1. The molecule has 1 aromatic rings. The molecule has 8 heteroatoms. The summed E-state index contributed by atoms with van der Waals surface area (Å²) in [5, 5.41) is 23.9. The third kappa shape index (κ3) is 9.88. The van der Waals surface area contributed by atoms with Gasteiger partial charge in [-0.05, 0) is 82.7 Å². The van der Waals surface area contributed by atoms with Gasteiger partial charge in [-0.25, -0.2) is 9.38 Å². The lowest BCUT2D eigenvalue weighted by atomic mass is 9.94.